The second kappa shape index (κ2) is 6.25. The summed E-state index contributed by atoms with van der Waals surface area (Å²) in [5, 5.41) is 6.07. The first kappa shape index (κ1) is 14.1. The molecular weight excluding hydrogens is 276 g/mol. The standard InChI is InChI=1S/C13H14N4O2S/c1-2-8-17-12(19)15-16-13(17)20-10(11(14)18)9-6-4-3-5-7-9/h2-7,10H,1,8H2,(H2,14,18)(H,15,19)/t10-/m0/s1. The van der Waals surface area contributed by atoms with E-state index in [0.29, 0.717) is 11.7 Å². The van der Waals surface area contributed by atoms with Crippen molar-refractivity contribution in [2.24, 2.45) is 5.73 Å². The number of nitrogens with one attached hydrogen (secondary N) is 1. The van der Waals surface area contributed by atoms with Gasteiger partial charge in [0, 0.05) is 6.54 Å². The van der Waals surface area contributed by atoms with Crippen LogP contribution in [-0.2, 0) is 11.3 Å². The normalized spacial score (nSPS) is 12.0. The molecule has 1 aromatic heterocycles. The SMILES string of the molecule is C=CCn1c(S[C@H](C(N)=O)c2ccccc2)n[nH]c1=O. The first-order valence-corrected chi connectivity index (χ1v) is 6.78. The molecule has 0 unspecified atom stereocenters. The number of nitrogens with zero attached hydrogens (tertiary/aromatic N) is 2. The molecule has 1 amide bonds. The molecule has 3 N–H and O–H groups in total. The van der Waals surface area contributed by atoms with E-state index in [-0.39, 0.29) is 5.69 Å². The molecule has 0 fully saturated rings. The molecule has 0 bridgehead atoms. The van der Waals surface area contributed by atoms with E-state index in [0.717, 1.165) is 17.3 Å². The van der Waals surface area contributed by atoms with Crippen LogP contribution in [0.2, 0.25) is 0 Å². The molecule has 0 aliphatic carbocycles. The molecule has 1 atom stereocenters. The lowest BCUT2D eigenvalue weighted by atomic mass is 10.1. The van der Waals surface area contributed by atoms with Gasteiger partial charge in [0.15, 0.2) is 5.16 Å². The van der Waals surface area contributed by atoms with Crippen LogP contribution in [0.25, 0.3) is 0 Å². The number of carbonyl (C=O) groups is 1. The number of hydrogen-bond acceptors (Lipinski definition) is 4. The minimum Gasteiger partial charge on any atom is -0.368 e. The topological polar surface area (TPSA) is 93.8 Å². The van der Waals surface area contributed by atoms with Crippen LogP contribution in [0.5, 0.6) is 0 Å². The Kier molecular flexibility index (Phi) is 4.41. The van der Waals surface area contributed by atoms with Gasteiger partial charge in [0.05, 0.1) is 0 Å². The van der Waals surface area contributed by atoms with Crippen LogP contribution in [0.4, 0.5) is 0 Å². The molecule has 1 aromatic carbocycles. The fourth-order valence-corrected chi connectivity index (χ4v) is 2.71. The first-order chi connectivity index (χ1) is 9.63. The maximum Gasteiger partial charge on any atom is 0.344 e. The Balaban J connectivity index is 2.32. The molecule has 0 aliphatic heterocycles. The lowest BCUT2D eigenvalue weighted by Crippen LogP contribution is -2.21. The van der Waals surface area contributed by atoms with Crippen LogP contribution in [0, 0.1) is 0 Å². The second-order valence-corrected chi connectivity index (χ2v) is 5.09. The highest BCUT2D eigenvalue weighted by Crippen LogP contribution is 2.33. The molecule has 6 nitrogen and oxygen atoms in total. The highest BCUT2D eigenvalue weighted by molar-refractivity contribution is 8.00. The van der Waals surface area contributed by atoms with Gasteiger partial charge >= 0.3 is 5.69 Å². The molecule has 2 rings (SSSR count). The van der Waals surface area contributed by atoms with E-state index in [9.17, 15) is 9.59 Å². The predicted octanol–water partition coefficient (Wildman–Crippen LogP) is 1.08. The number of allylic oxidation sites excluding steroid dienone is 1. The van der Waals surface area contributed by atoms with Crippen molar-refractivity contribution in [3.05, 3.63) is 59.0 Å². The van der Waals surface area contributed by atoms with Crippen LogP contribution in [0.3, 0.4) is 0 Å². The number of primary amides is 1. The van der Waals surface area contributed by atoms with Crippen molar-refractivity contribution in [2.45, 2.75) is 17.0 Å². The summed E-state index contributed by atoms with van der Waals surface area (Å²) < 4.78 is 1.40. The Hall–Kier alpha value is -2.28. The Bertz CT molecular complexity index is 663. The molecule has 0 saturated heterocycles. The molecule has 7 heteroatoms. The van der Waals surface area contributed by atoms with E-state index in [1.165, 1.54) is 4.57 Å². The minimum absolute atomic E-state index is 0.317. The molecule has 1 heterocycles. The van der Waals surface area contributed by atoms with E-state index in [1.807, 2.05) is 30.3 Å². The fraction of sp³-hybridized carbons (Fsp3) is 0.154. The summed E-state index contributed by atoms with van der Waals surface area (Å²) in [5.74, 6) is -0.484. The third kappa shape index (κ3) is 3.00. The third-order valence-electron chi connectivity index (χ3n) is 2.62. The Morgan fingerprint density at radius 2 is 2.20 bits per heavy atom. The number of aromatic nitrogens is 3. The van der Waals surface area contributed by atoms with E-state index in [4.69, 9.17) is 5.73 Å². The first-order valence-electron chi connectivity index (χ1n) is 5.90. The maximum atomic E-state index is 11.6. The van der Waals surface area contributed by atoms with Gasteiger partial charge in [-0.2, -0.15) is 0 Å². The lowest BCUT2D eigenvalue weighted by Gasteiger charge is -2.12. The zero-order valence-electron chi connectivity index (χ0n) is 10.7. The Morgan fingerprint density at radius 1 is 1.50 bits per heavy atom. The summed E-state index contributed by atoms with van der Waals surface area (Å²) in [4.78, 5) is 23.2. The molecule has 2 aromatic rings. The number of aromatic amines is 1. The molecule has 0 spiro atoms. The third-order valence-corrected chi connectivity index (χ3v) is 3.88. The van der Waals surface area contributed by atoms with E-state index in [2.05, 4.69) is 16.8 Å². The molecular formula is C13H14N4O2S. The fourth-order valence-electron chi connectivity index (χ4n) is 1.71. The van der Waals surface area contributed by atoms with E-state index >= 15 is 0 Å². The van der Waals surface area contributed by atoms with Gasteiger partial charge in [-0.3, -0.25) is 9.36 Å². The maximum absolute atomic E-state index is 11.6. The van der Waals surface area contributed by atoms with Gasteiger partial charge < -0.3 is 5.73 Å². The summed E-state index contributed by atoms with van der Waals surface area (Å²) in [6.45, 7) is 3.91. The lowest BCUT2D eigenvalue weighted by molar-refractivity contribution is -0.117. The van der Waals surface area contributed by atoms with Crippen molar-refractivity contribution < 1.29 is 4.79 Å². The second-order valence-electron chi connectivity index (χ2n) is 4.02. The van der Waals surface area contributed by atoms with Crippen LogP contribution >= 0.6 is 11.8 Å². The van der Waals surface area contributed by atoms with Gasteiger partial charge in [0.1, 0.15) is 5.25 Å². The van der Waals surface area contributed by atoms with Gasteiger partial charge in [0.25, 0.3) is 0 Å². The Morgan fingerprint density at radius 3 is 2.80 bits per heavy atom. The predicted molar refractivity (Wildman–Crippen MR) is 77.3 cm³/mol. The average Bonchev–Trinajstić information content (AvgIpc) is 2.78. The number of carbonyl (C=O) groups excluding carboxylic acids is 1. The van der Waals surface area contributed by atoms with Crippen LogP contribution in [0.1, 0.15) is 10.8 Å². The minimum atomic E-state index is -0.602. The number of hydrogen-bond donors (Lipinski definition) is 2. The van der Waals surface area contributed by atoms with Gasteiger partial charge in [0.2, 0.25) is 5.91 Å². The summed E-state index contributed by atoms with van der Waals surface area (Å²) >= 11 is 1.14. The summed E-state index contributed by atoms with van der Waals surface area (Å²) in [6, 6.07) is 9.13. The van der Waals surface area contributed by atoms with Gasteiger partial charge in [-0.15, -0.1) is 11.7 Å². The van der Waals surface area contributed by atoms with Crippen molar-refractivity contribution in [3.63, 3.8) is 0 Å². The van der Waals surface area contributed by atoms with Crippen molar-refractivity contribution in [3.8, 4) is 0 Å². The highest BCUT2D eigenvalue weighted by Gasteiger charge is 2.22. The highest BCUT2D eigenvalue weighted by atomic mass is 32.2. The van der Waals surface area contributed by atoms with Crippen molar-refractivity contribution in [1.82, 2.24) is 14.8 Å². The largest absolute Gasteiger partial charge is 0.368 e. The van der Waals surface area contributed by atoms with Gasteiger partial charge in [-0.25, -0.2) is 9.89 Å². The van der Waals surface area contributed by atoms with Crippen LogP contribution in [-0.4, -0.2) is 20.7 Å². The van der Waals surface area contributed by atoms with Gasteiger partial charge in [-0.05, 0) is 5.56 Å². The molecule has 0 radical (unpaired) electrons. The number of benzene rings is 1. The molecule has 0 aliphatic rings. The molecule has 0 saturated carbocycles. The zero-order chi connectivity index (χ0) is 14.5. The van der Waals surface area contributed by atoms with E-state index < -0.39 is 11.2 Å². The summed E-state index contributed by atoms with van der Waals surface area (Å²) in [7, 11) is 0. The summed E-state index contributed by atoms with van der Waals surface area (Å²) in [6.07, 6.45) is 1.59. The van der Waals surface area contributed by atoms with Crippen molar-refractivity contribution in [2.75, 3.05) is 0 Å². The zero-order valence-corrected chi connectivity index (χ0v) is 11.5. The van der Waals surface area contributed by atoms with Crippen molar-refractivity contribution >= 4 is 17.7 Å². The number of rotatable bonds is 6. The Labute approximate surface area is 119 Å². The van der Waals surface area contributed by atoms with Gasteiger partial charge in [-0.1, -0.05) is 48.2 Å². The smallest absolute Gasteiger partial charge is 0.344 e. The number of nitrogens with two attached hydrogens (primary N) is 1. The number of amides is 1. The summed E-state index contributed by atoms with van der Waals surface area (Å²) in [5.41, 5.74) is 5.87. The van der Waals surface area contributed by atoms with Crippen LogP contribution in [0.15, 0.2) is 52.9 Å². The average molecular weight is 290 g/mol. The number of thioether (sulfide) groups is 1. The number of H-pyrrole nitrogens is 1. The van der Waals surface area contributed by atoms with Crippen molar-refractivity contribution in [1.29, 1.82) is 0 Å². The quantitative estimate of drug-likeness (QED) is 0.615. The molecule has 20 heavy (non-hydrogen) atoms. The van der Waals surface area contributed by atoms with Crippen LogP contribution < -0.4 is 11.4 Å². The molecule has 104 valence electrons. The van der Waals surface area contributed by atoms with E-state index in [1.54, 1.807) is 6.08 Å². The monoisotopic (exact) mass is 290 g/mol.